The lowest BCUT2D eigenvalue weighted by Gasteiger charge is -2.24. The topological polar surface area (TPSA) is 29.5 Å². The van der Waals surface area contributed by atoms with E-state index in [4.69, 9.17) is 4.74 Å². The molecule has 4 rings (SSSR count). The summed E-state index contributed by atoms with van der Waals surface area (Å²) in [6.07, 6.45) is 3.54. The van der Waals surface area contributed by atoms with Crippen molar-refractivity contribution in [2.24, 2.45) is 0 Å². The van der Waals surface area contributed by atoms with Gasteiger partial charge in [0.25, 0.3) is 0 Å². The third-order valence-electron chi connectivity index (χ3n) is 4.81. The van der Waals surface area contributed by atoms with Gasteiger partial charge < -0.3 is 9.64 Å². The zero-order chi connectivity index (χ0) is 19.9. The summed E-state index contributed by atoms with van der Waals surface area (Å²) >= 11 is 1.78. The first-order valence-corrected chi connectivity index (χ1v) is 10.8. The molecule has 3 aromatic rings. The Hall–Kier alpha value is -2.98. The zero-order valence-electron chi connectivity index (χ0n) is 16.1. The van der Waals surface area contributed by atoms with Crippen LogP contribution in [0.25, 0.3) is 6.08 Å². The number of nitrogens with zero attached hydrogens (tertiary/aromatic N) is 1. The smallest absolute Gasteiger partial charge is 0.247 e. The molecule has 0 aliphatic carbocycles. The number of hydrogen-bond donors (Lipinski definition) is 0. The highest BCUT2D eigenvalue weighted by atomic mass is 32.2. The van der Waals surface area contributed by atoms with Gasteiger partial charge in [0, 0.05) is 23.9 Å². The molecule has 4 heteroatoms. The largest absolute Gasteiger partial charge is 0.489 e. The van der Waals surface area contributed by atoms with Crippen molar-refractivity contribution in [2.45, 2.75) is 12.0 Å². The van der Waals surface area contributed by atoms with Crippen molar-refractivity contribution in [3.63, 3.8) is 0 Å². The quantitative estimate of drug-likeness (QED) is 0.507. The Bertz CT molecular complexity index is 972. The Balaban J connectivity index is 1.50. The summed E-state index contributed by atoms with van der Waals surface area (Å²) in [7, 11) is 0. The maximum absolute atomic E-state index is 12.9. The number of benzene rings is 3. The molecule has 1 saturated heterocycles. The summed E-state index contributed by atoms with van der Waals surface area (Å²) in [6.45, 7) is 1.25. The Labute approximate surface area is 176 Å². The first-order valence-electron chi connectivity index (χ1n) is 9.72. The summed E-state index contributed by atoms with van der Waals surface area (Å²) in [5.41, 5.74) is 3.20. The molecular formula is C25H23NO2S. The number of amides is 1. The van der Waals surface area contributed by atoms with Gasteiger partial charge in [0.15, 0.2) is 0 Å². The number of hydrogen-bond acceptors (Lipinski definition) is 3. The van der Waals surface area contributed by atoms with Crippen molar-refractivity contribution in [3.8, 4) is 5.75 Å². The van der Waals surface area contributed by atoms with Crippen molar-refractivity contribution in [1.82, 2.24) is 4.90 Å². The fourth-order valence-electron chi connectivity index (χ4n) is 3.33. The number of carbonyl (C=O) groups excluding carboxylic acids is 1. The van der Waals surface area contributed by atoms with Gasteiger partial charge >= 0.3 is 0 Å². The molecule has 1 unspecified atom stereocenters. The van der Waals surface area contributed by atoms with Gasteiger partial charge in [0.2, 0.25) is 5.91 Å². The van der Waals surface area contributed by atoms with E-state index in [1.807, 2.05) is 77.7 Å². The van der Waals surface area contributed by atoms with Crippen LogP contribution in [0.5, 0.6) is 5.75 Å². The van der Waals surface area contributed by atoms with Crippen LogP contribution in [-0.4, -0.2) is 23.1 Å². The van der Waals surface area contributed by atoms with Crippen LogP contribution in [-0.2, 0) is 11.4 Å². The van der Waals surface area contributed by atoms with Crippen LogP contribution in [0.2, 0.25) is 0 Å². The van der Waals surface area contributed by atoms with Crippen LogP contribution in [0.4, 0.5) is 0 Å². The molecule has 0 aromatic heterocycles. The van der Waals surface area contributed by atoms with Crippen LogP contribution in [0.1, 0.15) is 22.1 Å². The predicted molar refractivity (Wildman–Crippen MR) is 120 cm³/mol. The van der Waals surface area contributed by atoms with Gasteiger partial charge in [-0.15, -0.1) is 11.8 Å². The SMILES string of the molecule is O=C(C=Cc1ccccc1)N1CCSC1c1ccccc1OCc1ccccc1. The van der Waals surface area contributed by atoms with Gasteiger partial charge in [-0.2, -0.15) is 0 Å². The van der Waals surface area contributed by atoms with E-state index in [1.165, 1.54) is 0 Å². The molecule has 3 nitrogen and oxygen atoms in total. The Morgan fingerprint density at radius 1 is 0.966 bits per heavy atom. The van der Waals surface area contributed by atoms with Gasteiger partial charge in [0.05, 0.1) is 0 Å². The summed E-state index contributed by atoms with van der Waals surface area (Å²) in [5, 5.41) is -0.0325. The maximum Gasteiger partial charge on any atom is 0.247 e. The van der Waals surface area contributed by atoms with Crippen LogP contribution in [0.15, 0.2) is 91.0 Å². The fraction of sp³-hybridized carbons (Fsp3) is 0.160. The molecule has 0 N–H and O–H groups in total. The van der Waals surface area contributed by atoms with Gasteiger partial charge in [-0.05, 0) is 23.3 Å². The molecule has 0 bridgehead atoms. The Morgan fingerprint density at radius 3 is 2.45 bits per heavy atom. The molecule has 1 atom stereocenters. The van der Waals surface area contributed by atoms with Gasteiger partial charge in [-0.1, -0.05) is 78.9 Å². The molecule has 1 aliphatic heterocycles. The minimum Gasteiger partial charge on any atom is -0.489 e. The van der Waals surface area contributed by atoms with E-state index in [-0.39, 0.29) is 11.3 Å². The molecule has 1 heterocycles. The number of carbonyl (C=O) groups is 1. The average Bonchev–Trinajstić information content (AvgIpc) is 3.27. The maximum atomic E-state index is 12.9. The molecule has 0 radical (unpaired) electrons. The van der Waals surface area contributed by atoms with Crippen LogP contribution < -0.4 is 4.74 Å². The Kier molecular flexibility index (Phi) is 6.32. The van der Waals surface area contributed by atoms with Crippen LogP contribution in [0.3, 0.4) is 0 Å². The van der Waals surface area contributed by atoms with Crippen LogP contribution >= 0.6 is 11.8 Å². The van der Waals surface area contributed by atoms with E-state index in [0.717, 1.165) is 34.7 Å². The molecule has 146 valence electrons. The third-order valence-corrected chi connectivity index (χ3v) is 6.06. The second-order valence-electron chi connectivity index (χ2n) is 6.81. The highest BCUT2D eigenvalue weighted by Gasteiger charge is 2.31. The summed E-state index contributed by atoms with van der Waals surface area (Å²) in [6, 6.07) is 28.1. The number of thioether (sulfide) groups is 1. The van der Waals surface area contributed by atoms with Crippen molar-refractivity contribution < 1.29 is 9.53 Å². The van der Waals surface area contributed by atoms with Gasteiger partial charge in [-0.3, -0.25) is 4.79 Å². The van der Waals surface area contributed by atoms with E-state index in [1.54, 1.807) is 17.8 Å². The van der Waals surface area contributed by atoms with Crippen LogP contribution in [0, 0.1) is 0 Å². The molecule has 29 heavy (non-hydrogen) atoms. The number of ether oxygens (including phenoxy) is 1. The highest BCUT2D eigenvalue weighted by molar-refractivity contribution is 7.99. The molecule has 0 saturated carbocycles. The predicted octanol–water partition coefficient (Wildman–Crippen LogP) is 5.55. The number of rotatable bonds is 6. The van der Waals surface area contributed by atoms with Crippen molar-refractivity contribution >= 4 is 23.7 Å². The number of para-hydroxylation sites is 1. The van der Waals surface area contributed by atoms with E-state index < -0.39 is 0 Å². The molecular weight excluding hydrogens is 378 g/mol. The molecule has 0 spiro atoms. The van der Waals surface area contributed by atoms with E-state index in [2.05, 4.69) is 18.2 Å². The molecule has 1 amide bonds. The first-order chi connectivity index (χ1) is 14.3. The van der Waals surface area contributed by atoms with E-state index in [0.29, 0.717) is 6.61 Å². The Morgan fingerprint density at radius 2 is 1.66 bits per heavy atom. The standard InChI is InChI=1S/C25H23NO2S/c27-24(16-15-20-9-3-1-4-10-20)26-17-18-29-25(26)22-13-7-8-14-23(22)28-19-21-11-5-2-6-12-21/h1-16,25H,17-19H2. The van der Waals surface area contributed by atoms with E-state index in [9.17, 15) is 4.79 Å². The lowest BCUT2D eigenvalue weighted by Crippen LogP contribution is -2.29. The molecule has 3 aromatic carbocycles. The van der Waals surface area contributed by atoms with Crippen molar-refractivity contribution in [1.29, 1.82) is 0 Å². The summed E-state index contributed by atoms with van der Waals surface area (Å²) in [5.74, 6) is 1.78. The average molecular weight is 402 g/mol. The second kappa shape index (κ2) is 9.48. The highest BCUT2D eigenvalue weighted by Crippen LogP contribution is 2.42. The van der Waals surface area contributed by atoms with Gasteiger partial charge in [0.1, 0.15) is 17.7 Å². The molecule has 1 fully saturated rings. The molecule has 1 aliphatic rings. The first kappa shape index (κ1) is 19.3. The minimum atomic E-state index is -0.0325. The monoisotopic (exact) mass is 401 g/mol. The summed E-state index contributed by atoms with van der Waals surface area (Å²) in [4.78, 5) is 14.8. The van der Waals surface area contributed by atoms with E-state index >= 15 is 0 Å². The third kappa shape index (κ3) is 4.90. The lowest BCUT2D eigenvalue weighted by molar-refractivity contribution is -0.126. The fourth-order valence-corrected chi connectivity index (χ4v) is 4.62. The minimum absolute atomic E-state index is 0.0294. The summed E-state index contributed by atoms with van der Waals surface area (Å²) < 4.78 is 6.12. The van der Waals surface area contributed by atoms with Crippen molar-refractivity contribution in [2.75, 3.05) is 12.3 Å². The van der Waals surface area contributed by atoms with Gasteiger partial charge in [-0.25, -0.2) is 0 Å². The second-order valence-corrected chi connectivity index (χ2v) is 8.00. The normalized spacial score (nSPS) is 16.3. The zero-order valence-corrected chi connectivity index (χ0v) is 16.9. The lowest BCUT2D eigenvalue weighted by atomic mass is 10.1. The van der Waals surface area contributed by atoms with Crippen molar-refractivity contribution in [3.05, 3.63) is 108 Å².